The lowest BCUT2D eigenvalue weighted by Gasteiger charge is -2.25. The summed E-state index contributed by atoms with van der Waals surface area (Å²) in [6.07, 6.45) is 1.95. The number of hydrogen-bond acceptors (Lipinski definition) is 4. The highest BCUT2D eigenvalue weighted by molar-refractivity contribution is 7.07. The van der Waals surface area contributed by atoms with Crippen molar-refractivity contribution in [2.75, 3.05) is 5.32 Å². The molecule has 0 fully saturated rings. The fourth-order valence-electron chi connectivity index (χ4n) is 5.52. The molecule has 3 heterocycles. The van der Waals surface area contributed by atoms with E-state index in [1.54, 1.807) is 4.57 Å². The summed E-state index contributed by atoms with van der Waals surface area (Å²) in [4.78, 5) is 33.1. The smallest absolute Gasteiger partial charge is 0.271 e. The highest BCUT2D eigenvalue weighted by atomic mass is 32.1. The lowest BCUT2D eigenvalue weighted by atomic mass is 9.95. The second kappa shape index (κ2) is 10.7. The fourth-order valence-corrected chi connectivity index (χ4v) is 6.56. The predicted octanol–water partition coefficient (Wildman–Crippen LogP) is 5.59. The Kier molecular flexibility index (Phi) is 6.89. The third kappa shape index (κ3) is 4.89. The summed E-state index contributed by atoms with van der Waals surface area (Å²) >= 11 is 1.35. The second-order valence-electron chi connectivity index (χ2n) is 10.3. The van der Waals surface area contributed by atoms with Crippen molar-refractivity contribution in [3.8, 4) is 5.69 Å². The van der Waals surface area contributed by atoms with Gasteiger partial charge < -0.3 is 9.88 Å². The SMILES string of the molecule is CC1=C(C(=O)Nc2ccccc2)[C@@H](c2ccccc2)n2c(s/c(=C/c3cc(C)n(-c4cccc(C)c4)c3C)c2=O)=N1. The molecule has 1 amide bonds. The van der Waals surface area contributed by atoms with Crippen molar-refractivity contribution in [2.24, 2.45) is 4.99 Å². The van der Waals surface area contributed by atoms with Gasteiger partial charge in [0, 0.05) is 22.8 Å². The van der Waals surface area contributed by atoms with Crippen LogP contribution in [0.3, 0.4) is 0 Å². The molecular formula is C34H30N4O2S. The van der Waals surface area contributed by atoms with Crippen molar-refractivity contribution in [1.29, 1.82) is 0 Å². The first-order valence-corrected chi connectivity index (χ1v) is 14.3. The van der Waals surface area contributed by atoms with E-state index in [1.807, 2.05) is 73.7 Å². The van der Waals surface area contributed by atoms with Crippen LogP contribution in [0.4, 0.5) is 5.69 Å². The van der Waals surface area contributed by atoms with Crippen LogP contribution in [0, 0.1) is 20.8 Å². The summed E-state index contributed by atoms with van der Waals surface area (Å²) in [6.45, 7) is 8.06. The maximum absolute atomic E-state index is 14.1. The van der Waals surface area contributed by atoms with E-state index in [0.29, 0.717) is 26.3 Å². The first-order valence-electron chi connectivity index (χ1n) is 13.5. The number of rotatable bonds is 5. The van der Waals surface area contributed by atoms with Crippen LogP contribution < -0.4 is 20.2 Å². The molecule has 6 rings (SSSR count). The van der Waals surface area contributed by atoms with Crippen LogP contribution in [0.2, 0.25) is 0 Å². The normalized spacial score (nSPS) is 15.0. The monoisotopic (exact) mass is 558 g/mol. The molecule has 0 spiro atoms. The molecule has 0 unspecified atom stereocenters. The summed E-state index contributed by atoms with van der Waals surface area (Å²) < 4.78 is 4.45. The van der Waals surface area contributed by atoms with Gasteiger partial charge in [0.1, 0.15) is 0 Å². The topological polar surface area (TPSA) is 68.4 Å². The molecule has 1 atom stereocenters. The van der Waals surface area contributed by atoms with Crippen molar-refractivity contribution >= 4 is 29.0 Å². The number of nitrogens with zero attached hydrogens (tertiary/aromatic N) is 3. The van der Waals surface area contributed by atoms with Crippen molar-refractivity contribution in [1.82, 2.24) is 9.13 Å². The molecule has 0 aliphatic carbocycles. The largest absolute Gasteiger partial charge is 0.322 e. The zero-order chi connectivity index (χ0) is 28.7. The number of fused-ring (bicyclic) bond motifs is 1. The number of allylic oxidation sites excluding steroid dienone is 1. The van der Waals surface area contributed by atoms with Crippen LogP contribution >= 0.6 is 11.3 Å². The molecule has 41 heavy (non-hydrogen) atoms. The summed E-state index contributed by atoms with van der Waals surface area (Å²) in [5, 5.41) is 3.00. The van der Waals surface area contributed by atoms with Crippen LogP contribution in [0.25, 0.3) is 11.8 Å². The Hall–Kier alpha value is -4.75. The number of aryl methyl sites for hydroxylation is 2. The first kappa shape index (κ1) is 26.5. The maximum Gasteiger partial charge on any atom is 0.271 e. The van der Waals surface area contributed by atoms with Crippen LogP contribution in [0.15, 0.2) is 112 Å². The minimum atomic E-state index is -0.599. The van der Waals surface area contributed by atoms with Gasteiger partial charge >= 0.3 is 0 Å². The Balaban J connectivity index is 1.49. The number of hydrogen-bond donors (Lipinski definition) is 1. The minimum absolute atomic E-state index is 0.166. The van der Waals surface area contributed by atoms with E-state index in [1.165, 1.54) is 16.9 Å². The number of aromatic nitrogens is 2. The van der Waals surface area contributed by atoms with E-state index in [2.05, 4.69) is 61.0 Å². The summed E-state index contributed by atoms with van der Waals surface area (Å²) in [5.41, 5.74) is 7.82. The Morgan fingerprint density at radius 3 is 2.32 bits per heavy atom. The van der Waals surface area contributed by atoms with Crippen molar-refractivity contribution < 1.29 is 4.79 Å². The second-order valence-corrected chi connectivity index (χ2v) is 11.3. The van der Waals surface area contributed by atoms with Crippen molar-refractivity contribution in [2.45, 2.75) is 33.7 Å². The Morgan fingerprint density at radius 1 is 0.902 bits per heavy atom. The highest BCUT2D eigenvalue weighted by Gasteiger charge is 2.32. The highest BCUT2D eigenvalue weighted by Crippen LogP contribution is 2.30. The van der Waals surface area contributed by atoms with Gasteiger partial charge in [0.2, 0.25) is 0 Å². The number of carbonyl (C=O) groups excluding carboxylic acids is 1. The average Bonchev–Trinajstić information content (AvgIpc) is 3.42. The third-order valence-corrected chi connectivity index (χ3v) is 8.41. The van der Waals surface area contributed by atoms with Crippen LogP contribution in [-0.2, 0) is 4.79 Å². The van der Waals surface area contributed by atoms with Gasteiger partial charge in [-0.15, -0.1) is 0 Å². The lowest BCUT2D eigenvalue weighted by Crippen LogP contribution is -2.40. The van der Waals surface area contributed by atoms with Gasteiger partial charge in [0.25, 0.3) is 11.5 Å². The summed E-state index contributed by atoms with van der Waals surface area (Å²) in [5.74, 6) is -0.276. The van der Waals surface area contributed by atoms with Crippen molar-refractivity contribution in [3.05, 3.63) is 150 Å². The van der Waals surface area contributed by atoms with Gasteiger partial charge in [-0.25, -0.2) is 4.99 Å². The molecular weight excluding hydrogens is 528 g/mol. The summed E-state index contributed by atoms with van der Waals surface area (Å²) in [7, 11) is 0. The molecule has 7 heteroatoms. The summed E-state index contributed by atoms with van der Waals surface area (Å²) in [6, 6.07) is 28.9. The number of thiazole rings is 1. The standard InChI is InChI=1S/C34H30N4O2S/c1-21-12-11-17-28(18-21)37-22(2)19-26(24(37)4)20-29-33(40)38-31(25-13-7-5-8-14-25)30(23(3)35-34(38)41-29)32(39)36-27-15-9-6-10-16-27/h5-20,31H,1-4H3,(H,36,39)/b29-20+/t31-/m1/s1. The molecule has 1 aliphatic heterocycles. The molecule has 204 valence electrons. The lowest BCUT2D eigenvalue weighted by molar-refractivity contribution is -0.113. The van der Waals surface area contributed by atoms with Crippen LogP contribution in [-0.4, -0.2) is 15.0 Å². The first-order chi connectivity index (χ1) is 19.8. The number of benzene rings is 3. The van der Waals surface area contributed by atoms with Gasteiger partial charge in [-0.05, 0) is 80.8 Å². The predicted molar refractivity (Wildman–Crippen MR) is 165 cm³/mol. The van der Waals surface area contributed by atoms with Crippen LogP contribution in [0.5, 0.6) is 0 Å². The molecule has 5 aromatic rings. The Bertz CT molecular complexity index is 2000. The average molecular weight is 559 g/mol. The number of nitrogens with one attached hydrogen (secondary N) is 1. The molecule has 1 N–H and O–H groups in total. The fraction of sp³-hybridized carbons (Fsp3) is 0.147. The van der Waals surface area contributed by atoms with Crippen LogP contribution in [0.1, 0.15) is 41.0 Å². The van der Waals surface area contributed by atoms with E-state index >= 15 is 0 Å². The molecule has 0 radical (unpaired) electrons. The van der Waals surface area contributed by atoms with Gasteiger partial charge in [0.15, 0.2) is 4.80 Å². The van der Waals surface area contributed by atoms with Crippen molar-refractivity contribution in [3.63, 3.8) is 0 Å². The van der Waals surface area contributed by atoms with Gasteiger partial charge in [-0.1, -0.05) is 72.0 Å². The van der Waals surface area contributed by atoms with E-state index < -0.39 is 6.04 Å². The molecule has 1 aliphatic rings. The van der Waals surface area contributed by atoms with Gasteiger partial charge in [0.05, 0.1) is 21.8 Å². The van der Waals surface area contributed by atoms with E-state index in [4.69, 9.17) is 4.99 Å². The molecule has 0 saturated carbocycles. The van der Waals surface area contributed by atoms with E-state index in [9.17, 15) is 9.59 Å². The number of para-hydroxylation sites is 1. The third-order valence-electron chi connectivity index (χ3n) is 7.43. The molecule has 0 bridgehead atoms. The Morgan fingerprint density at radius 2 is 1.61 bits per heavy atom. The minimum Gasteiger partial charge on any atom is -0.322 e. The maximum atomic E-state index is 14.1. The van der Waals surface area contributed by atoms with Gasteiger partial charge in [-0.2, -0.15) is 0 Å². The molecule has 0 saturated heterocycles. The molecule has 3 aromatic carbocycles. The van der Waals surface area contributed by atoms with E-state index in [0.717, 1.165) is 28.2 Å². The molecule has 2 aromatic heterocycles. The zero-order valence-corrected chi connectivity index (χ0v) is 24.2. The quantitative estimate of drug-likeness (QED) is 0.306. The number of anilines is 1. The number of carbonyl (C=O) groups is 1. The van der Waals surface area contributed by atoms with E-state index in [-0.39, 0.29) is 11.5 Å². The zero-order valence-electron chi connectivity index (χ0n) is 23.4. The van der Waals surface area contributed by atoms with Gasteiger partial charge in [-0.3, -0.25) is 14.2 Å². The number of amides is 1. The molecule has 6 nitrogen and oxygen atoms in total. The Labute approximate surface area is 242 Å².